The summed E-state index contributed by atoms with van der Waals surface area (Å²) in [4.78, 5) is 19.8. The number of anilines is 4. The maximum absolute atomic E-state index is 12.0. The molecule has 0 unspecified atom stereocenters. The van der Waals surface area contributed by atoms with Crippen molar-refractivity contribution in [2.24, 2.45) is 5.73 Å². The number of halogens is 3. The number of carbonyl (C=O) groups is 1. The summed E-state index contributed by atoms with van der Waals surface area (Å²) in [5.41, 5.74) is 8.47. The molecule has 1 saturated carbocycles. The Morgan fingerprint density at radius 2 is 2.00 bits per heavy atom. The van der Waals surface area contributed by atoms with E-state index in [-0.39, 0.29) is 11.7 Å². The van der Waals surface area contributed by atoms with Crippen molar-refractivity contribution in [1.82, 2.24) is 19.6 Å². The van der Waals surface area contributed by atoms with Crippen molar-refractivity contribution in [2.75, 3.05) is 41.9 Å². The molecule has 210 valence electrons. The van der Waals surface area contributed by atoms with Gasteiger partial charge in [-0.15, -0.1) is 0 Å². The molecule has 0 bridgehead atoms. The Bertz CT molecular complexity index is 1500. The first-order chi connectivity index (χ1) is 18.2. The van der Waals surface area contributed by atoms with Gasteiger partial charge in [-0.3, -0.25) is 0 Å². The number of rotatable bonds is 9. The zero-order chi connectivity index (χ0) is 29.0. The number of alkyl halides is 3. The average molecular weight is 570 g/mol. The van der Waals surface area contributed by atoms with Crippen LogP contribution in [0.3, 0.4) is 0 Å². The van der Waals surface area contributed by atoms with Crippen molar-refractivity contribution in [3.05, 3.63) is 35.5 Å². The number of nitrogens with one attached hydrogen (secondary N) is 2. The lowest BCUT2D eigenvalue weighted by molar-refractivity contribution is -0.192. The van der Waals surface area contributed by atoms with Crippen molar-refractivity contribution in [2.45, 2.75) is 30.8 Å². The van der Waals surface area contributed by atoms with E-state index in [1.807, 2.05) is 24.1 Å². The predicted molar refractivity (Wildman–Crippen MR) is 136 cm³/mol. The van der Waals surface area contributed by atoms with Gasteiger partial charge < -0.3 is 26.4 Å². The maximum Gasteiger partial charge on any atom is 0.490 e. The van der Waals surface area contributed by atoms with Crippen LogP contribution in [0.15, 0.2) is 24.4 Å². The van der Waals surface area contributed by atoms with E-state index < -0.39 is 22.0 Å². The highest BCUT2D eigenvalue weighted by Crippen LogP contribution is 2.28. The molecule has 1 aliphatic rings. The number of hydrogen-bond donors (Lipinski definition) is 4. The number of hydrogen-bond acceptors (Lipinski definition) is 11. The van der Waals surface area contributed by atoms with Crippen molar-refractivity contribution in [1.29, 1.82) is 5.26 Å². The monoisotopic (exact) mass is 569 g/mol. The van der Waals surface area contributed by atoms with Gasteiger partial charge in [-0.1, -0.05) is 0 Å². The second-order valence-corrected chi connectivity index (χ2v) is 10.9. The first kappa shape index (κ1) is 29.4. The summed E-state index contributed by atoms with van der Waals surface area (Å²) in [6.45, 7) is 1.05. The van der Waals surface area contributed by atoms with Crippen LogP contribution in [-0.2, 0) is 20.4 Å². The standard InChI is InChI=1S/C20H25N9O2S.C2HF3O2/c1-28(8-7-21)17-6-5-16(9-13(17)12-32(2,30)31)24-19-26-18-14(10-22)11-23-29(18)20(27-19)25-15-3-4-15;3-2(4,5)1(6)7/h5-6,9,11,15H,3-4,7-8,12,21H2,1-2H3,(H2,24,25,26,27);(H,6,7). The number of carboxylic acids is 1. The molecule has 0 atom stereocenters. The van der Waals surface area contributed by atoms with Crippen LogP contribution in [0.5, 0.6) is 0 Å². The summed E-state index contributed by atoms with van der Waals surface area (Å²) in [7, 11) is -1.38. The molecular weight excluding hydrogens is 543 g/mol. The molecule has 5 N–H and O–H groups in total. The minimum absolute atomic E-state index is 0.109. The Balaban J connectivity index is 0.000000532. The van der Waals surface area contributed by atoms with Gasteiger partial charge in [0.05, 0.1) is 11.9 Å². The number of fused-ring (bicyclic) bond motifs is 1. The lowest BCUT2D eigenvalue weighted by Crippen LogP contribution is -2.26. The molecule has 0 amide bonds. The number of aliphatic carboxylic acids is 1. The number of nitrogens with two attached hydrogens (primary N) is 1. The number of sulfone groups is 1. The van der Waals surface area contributed by atoms with E-state index in [0.717, 1.165) is 18.5 Å². The highest BCUT2D eigenvalue weighted by molar-refractivity contribution is 7.89. The SMILES string of the molecule is CN(CCN)c1ccc(Nc2nc(NC3CC3)n3ncc(C#N)c3n2)cc1CS(C)(=O)=O.O=C(O)C(F)(F)F. The molecule has 0 saturated heterocycles. The van der Waals surface area contributed by atoms with Crippen molar-refractivity contribution in [3.8, 4) is 6.07 Å². The minimum Gasteiger partial charge on any atom is -0.475 e. The van der Waals surface area contributed by atoms with Gasteiger partial charge in [0.2, 0.25) is 11.9 Å². The van der Waals surface area contributed by atoms with Crippen LogP contribution in [0.25, 0.3) is 5.65 Å². The number of likely N-dealkylation sites (N-methyl/N-ethyl adjacent to an activating group) is 1. The normalized spacial score (nSPS) is 13.3. The molecule has 0 radical (unpaired) electrons. The van der Waals surface area contributed by atoms with Gasteiger partial charge in [0, 0.05) is 43.8 Å². The van der Waals surface area contributed by atoms with Crippen molar-refractivity contribution >= 4 is 44.7 Å². The molecule has 13 nitrogen and oxygen atoms in total. The molecule has 3 aromatic rings. The number of nitrogens with zero attached hydrogens (tertiary/aromatic N) is 6. The summed E-state index contributed by atoms with van der Waals surface area (Å²) >= 11 is 0. The fourth-order valence-corrected chi connectivity index (χ4v) is 4.19. The van der Waals surface area contributed by atoms with Crippen LogP contribution in [0.1, 0.15) is 24.0 Å². The molecule has 2 heterocycles. The summed E-state index contributed by atoms with van der Waals surface area (Å²) in [6, 6.07) is 7.87. The number of benzene rings is 1. The summed E-state index contributed by atoms with van der Waals surface area (Å²) in [5.74, 6) is -2.09. The molecule has 17 heteroatoms. The number of aromatic nitrogens is 4. The van der Waals surface area contributed by atoms with Gasteiger partial charge in [-0.25, -0.2) is 13.2 Å². The fraction of sp³-hybridized carbons (Fsp3) is 0.409. The third-order valence-corrected chi connectivity index (χ3v) is 6.11. The molecular formula is C22H26F3N9O4S. The smallest absolute Gasteiger partial charge is 0.475 e. The van der Waals surface area contributed by atoms with Gasteiger partial charge in [-0.05, 0) is 36.6 Å². The first-order valence-corrected chi connectivity index (χ1v) is 13.5. The average Bonchev–Trinajstić information content (AvgIpc) is 3.54. The Labute approximate surface area is 221 Å². The van der Waals surface area contributed by atoms with Crippen LogP contribution < -0.4 is 21.3 Å². The van der Waals surface area contributed by atoms with Gasteiger partial charge in [0.15, 0.2) is 15.5 Å². The molecule has 1 fully saturated rings. The van der Waals surface area contributed by atoms with Crippen LogP contribution in [-0.4, -0.2) is 77.7 Å². The third-order valence-electron chi connectivity index (χ3n) is 5.27. The highest BCUT2D eigenvalue weighted by Gasteiger charge is 2.38. The lowest BCUT2D eigenvalue weighted by atomic mass is 10.1. The summed E-state index contributed by atoms with van der Waals surface area (Å²) in [5, 5.41) is 27.2. The number of carboxylic acid groups (broad SMARTS) is 1. The molecule has 1 aromatic carbocycles. The van der Waals surface area contributed by atoms with E-state index in [1.54, 1.807) is 6.07 Å². The zero-order valence-corrected chi connectivity index (χ0v) is 21.7. The molecule has 4 rings (SSSR count). The number of nitriles is 1. The van der Waals surface area contributed by atoms with E-state index in [0.29, 0.717) is 47.5 Å². The van der Waals surface area contributed by atoms with Crippen molar-refractivity contribution in [3.63, 3.8) is 0 Å². The Morgan fingerprint density at radius 1 is 1.33 bits per heavy atom. The van der Waals surface area contributed by atoms with E-state index in [4.69, 9.17) is 15.6 Å². The van der Waals surface area contributed by atoms with Crippen LogP contribution in [0, 0.1) is 11.3 Å². The van der Waals surface area contributed by atoms with E-state index >= 15 is 0 Å². The second kappa shape index (κ2) is 11.7. The minimum atomic E-state index is -5.08. The van der Waals surface area contributed by atoms with Crippen LogP contribution >= 0.6 is 0 Å². The predicted octanol–water partition coefficient (Wildman–Crippen LogP) is 1.89. The first-order valence-electron chi connectivity index (χ1n) is 11.4. The third kappa shape index (κ3) is 8.15. The summed E-state index contributed by atoms with van der Waals surface area (Å²) < 4.78 is 57.3. The molecule has 2 aromatic heterocycles. The van der Waals surface area contributed by atoms with Crippen LogP contribution in [0.4, 0.5) is 36.4 Å². The van der Waals surface area contributed by atoms with E-state index in [1.165, 1.54) is 17.0 Å². The fourth-order valence-electron chi connectivity index (χ4n) is 3.39. The maximum atomic E-state index is 12.0. The quantitative estimate of drug-likeness (QED) is 0.293. The van der Waals surface area contributed by atoms with E-state index in [2.05, 4.69) is 31.8 Å². The molecule has 0 aliphatic heterocycles. The molecule has 39 heavy (non-hydrogen) atoms. The van der Waals surface area contributed by atoms with Gasteiger partial charge in [-0.2, -0.15) is 38.0 Å². The van der Waals surface area contributed by atoms with Crippen LogP contribution in [0.2, 0.25) is 0 Å². The molecule has 1 aliphatic carbocycles. The lowest BCUT2D eigenvalue weighted by Gasteiger charge is -2.22. The largest absolute Gasteiger partial charge is 0.490 e. The molecule has 0 spiro atoms. The van der Waals surface area contributed by atoms with Crippen molar-refractivity contribution < 1.29 is 31.5 Å². The van der Waals surface area contributed by atoms with Gasteiger partial charge >= 0.3 is 12.1 Å². The topological polar surface area (TPSA) is 192 Å². The Kier molecular flexibility index (Phi) is 8.81. The Morgan fingerprint density at radius 3 is 2.54 bits per heavy atom. The van der Waals surface area contributed by atoms with E-state index in [9.17, 15) is 26.9 Å². The highest BCUT2D eigenvalue weighted by atomic mass is 32.2. The van der Waals surface area contributed by atoms with Gasteiger partial charge in [0.25, 0.3) is 0 Å². The second-order valence-electron chi connectivity index (χ2n) is 8.75. The van der Waals surface area contributed by atoms with Gasteiger partial charge in [0.1, 0.15) is 11.6 Å². The zero-order valence-electron chi connectivity index (χ0n) is 20.9. The summed E-state index contributed by atoms with van der Waals surface area (Å²) in [6.07, 6.45) is -0.325. The Hall–Kier alpha value is -4.17.